The lowest BCUT2D eigenvalue weighted by Crippen LogP contribution is -2.24. The summed E-state index contributed by atoms with van der Waals surface area (Å²) in [6.07, 6.45) is -3.13. The molecule has 2 amide bonds. The lowest BCUT2D eigenvalue weighted by Gasteiger charge is -2.09. The molecule has 0 unspecified atom stereocenters. The van der Waals surface area contributed by atoms with Crippen molar-refractivity contribution in [3.63, 3.8) is 0 Å². The number of carbonyl (C=O) groups is 2. The molecule has 8 heteroatoms. The molecule has 0 aliphatic rings. The number of pyridine rings is 1. The minimum absolute atomic E-state index is 0.0565. The maximum atomic E-state index is 12.6. The SMILES string of the molecule is O=C(Nc1ccc(C(F)(F)F)cc1)c1ccnc(C(=O)NCc2ccccc2)c1. The molecule has 0 bridgehead atoms. The van der Waals surface area contributed by atoms with E-state index in [4.69, 9.17) is 0 Å². The molecule has 29 heavy (non-hydrogen) atoms. The molecule has 0 saturated carbocycles. The second-order valence-corrected chi connectivity index (χ2v) is 6.13. The van der Waals surface area contributed by atoms with Crippen LogP contribution in [0, 0.1) is 0 Å². The maximum Gasteiger partial charge on any atom is 0.416 e. The van der Waals surface area contributed by atoms with E-state index in [0.29, 0.717) is 6.54 Å². The van der Waals surface area contributed by atoms with E-state index in [1.807, 2.05) is 30.3 Å². The molecule has 2 N–H and O–H groups in total. The molecular formula is C21H16F3N3O2. The minimum Gasteiger partial charge on any atom is -0.347 e. The van der Waals surface area contributed by atoms with Gasteiger partial charge in [0.05, 0.1) is 5.56 Å². The normalized spacial score (nSPS) is 11.0. The summed E-state index contributed by atoms with van der Waals surface area (Å²) in [5.74, 6) is -1.01. The van der Waals surface area contributed by atoms with Gasteiger partial charge in [0.2, 0.25) is 0 Å². The Morgan fingerprint density at radius 3 is 2.24 bits per heavy atom. The van der Waals surface area contributed by atoms with Gasteiger partial charge < -0.3 is 10.6 Å². The average Bonchev–Trinajstić information content (AvgIpc) is 2.72. The summed E-state index contributed by atoms with van der Waals surface area (Å²) in [4.78, 5) is 28.6. The highest BCUT2D eigenvalue weighted by Gasteiger charge is 2.30. The van der Waals surface area contributed by atoms with Gasteiger partial charge in [-0.1, -0.05) is 30.3 Å². The molecule has 0 spiro atoms. The largest absolute Gasteiger partial charge is 0.416 e. The van der Waals surface area contributed by atoms with Crippen LogP contribution >= 0.6 is 0 Å². The van der Waals surface area contributed by atoms with Crippen LogP contribution in [0.1, 0.15) is 32.0 Å². The van der Waals surface area contributed by atoms with Crippen LogP contribution < -0.4 is 10.6 Å². The van der Waals surface area contributed by atoms with E-state index in [1.54, 1.807) is 0 Å². The molecule has 0 aliphatic heterocycles. The zero-order chi connectivity index (χ0) is 20.9. The Morgan fingerprint density at radius 2 is 1.59 bits per heavy atom. The molecule has 0 saturated heterocycles. The fourth-order valence-corrected chi connectivity index (χ4v) is 2.51. The van der Waals surface area contributed by atoms with Crippen LogP contribution in [0.2, 0.25) is 0 Å². The van der Waals surface area contributed by atoms with Crippen molar-refractivity contribution in [1.29, 1.82) is 0 Å². The van der Waals surface area contributed by atoms with Crippen LogP contribution in [0.3, 0.4) is 0 Å². The third-order valence-electron chi connectivity index (χ3n) is 4.02. The Morgan fingerprint density at radius 1 is 0.897 bits per heavy atom. The van der Waals surface area contributed by atoms with Gasteiger partial charge in [-0.3, -0.25) is 14.6 Å². The molecule has 5 nitrogen and oxygen atoms in total. The van der Waals surface area contributed by atoms with Crippen molar-refractivity contribution in [2.75, 3.05) is 5.32 Å². The minimum atomic E-state index is -4.45. The summed E-state index contributed by atoms with van der Waals surface area (Å²) in [7, 11) is 0. The van der Waals surface area contributed by atoms with E-state index in [2.05, 4.69) is 15.6 Å². The predicted molar refractivity (Wildman–Crippen MR) is 101 cm³/mol. The zero-order valence-electron chi connectivity index (χ0n) is 15.0. The van der Waals surface area contributed by atoms with Crippen molar-refractivity contribution in [1.82, 2.24) is 10.3 Å². The number of anilines is 1. The van der Waals surface area contributed by atoms with E-state index in [1.165, 1.54) is 18.3 Å². The number of benzene rings is 2. The molecular weight excluding hydrogens is 383 g/mol. The van der Waals surface area contributed by atoms with Crippen LogP contribution in [-0.4, -0.2) is 16.8 Å². The summed E-state index contributed by atoms with van der Waals surface area (Å²) in [5.41, 5.74) is 0.523. The lowest BCUT2D eigenvalue weighted by atomic mass is 10.1. The van der Waals surface area contributed by atoms with Gasteiger partial charge in [0.1, 0.15) is 5.69 Å². The first kappa shape index (κ1) is 20.1. The van der Waals surface area contributed by atoms with Gasteiger partial charge in [-0.2, -0.15) is 13.2 Å². The van der Waals surface area contributed by atoms with Gasteiger partial charge >= 0.3 is 6.18 Å². The van der Waals surface area contributed by atoms with Crippen molar-refractivity contribution < 1.29 is 22.8 Å². The number of alkyl halides is 3. The molecule has 1 aromatic heterocycles. The number of halogens is 3. The number of rotatable bonds is 5. The quantitative estimate of drug-likeness (QED) is 0.673. The molecule has 2 aromatic carbocycles. The second-order valence-electron chi connectivity index (χ2n) is 6.13. The first-order chi connectivity index (χ1) is 13.8. The first-order valence-electron chi connectivity index (χ1n) is 8.60. The van der Waals surface area contributed by atoms with Gasteiger partial charge in [-0.15, -0.1) is 0 Å². The number of amides is 2. The lowest BCUT2D eigenvalue weighted by molar-refractivity contribution is -0.137. The highest BCUT2D eigenvalue weighted by Crippen LogP contribution is 2.29. The van der Waals surface area contributed by atoms with Crippen LogP contribution in [0.25, 0.3) is 0 Å². The van der Waals surface area contributed by atoms with Crippen molar-refractivity contribution in [2.24, 2.45) is 0 Å². The smallest absolute Gasteiger partial charge is 0.347 e. The van der Waals surface area contributed by atoms with Crippen LogP contribution in [0.4, 0.5) is 18.9 Å². The van der Waals surface area contributed by atoms with E-state index in [9.17, 15) is 22.8 Å². The zero-order valence-corrected chi connectivity index (χ0v) is 15.0. The van der Waals surface area contributed by atoms with Crippen molar-refractivity contribution >= 4 is 17.5 Å². The van der Waals surface area contributed by atoms with Crippen LogP contribution in [0.5, 0.6) is 0 Å². The molecule has 3 aromatic rings. The Labute approximate surface area is 164 Å². The Hall–Kier alpha value is -3.68. The fraction of sp³-hybridized carbons (Fsp3) is 0.0952. The Bertz CT molecular complexity index is 1000. The Balaban J connectivity index is 1.65. The summed E-state index contributed by atoms with van der Waals surface area (Å²) in [6, 6.07) is 16.1. The maximum absolute atomic E-state index is 12.6. The molecule has 0 fully saturated rings. The van der Waals surface area contributed by atoms with Crippen LogP contribution in [-0.2, 0) is 12.7 Å². The number of nitrogens with one attached hydrogen (secondary N) is 2. The van der Waals surface area contributed by atoms with E-state index >= 15 is 0 Å². The predicted octanol–water partition coefficient (Wildman–Crippen LogP) is 4.28. The van der Waals surface area contributed by atoms with Crippen molar-refractivity contribution in [3.8, 4) is 0 Å². The molecule has 3 rings (SSSR count). The van der Waals surface area contributed by atoms with Gasteiger partial charge in [-0.05, 0) is 42.0 Å². The van der Waals surface area contributed by atoms with Crippen molar-refractivity contribution in [3.05, 3.63) is 95.3 Å². The summed E-state index contributed by atoms with van der Waals surface area (Å²) in [6.45, 7) is 0.309. The van der Waals surface area contributed by atoms with Gasteiger partial charge in [0, 0.05) is 24.0 Å². The van der Waals surface area contributed by atoms with E-state index in [-0.39, 0.29) is 16.9 Å². The molecule has 0 atom stereocenters. The second kappa shape index (κ2) is 8.55. The summed E-state index contributed by atoms with van der Waals surface area (Å²) in [5, 5.41) is 5.21. The number of nitrogens with zero attached hydrogens (tertiary/aromatic N) is 1. The third kappa shape index (κ3) is 5.41. The van der Waals surface area contributed by atoms with Crippen molar-refractivity contribution in [2.45, 2.75) is 12.7 Å². The standard InChI is InChI=1S/C21H16F3N3O2/c22-21(23,24)16-6-8-17(9-7-16)27-19(28)15-10-11-25-18(12-15)20(29)26-13-14-4-2-1-3-5-14/h1-12H,13H2,(H,26,29)(H,27,28). The average molecular weight is 399 g/mol. The third-order valence-corrected chi connectivity index (χ3v) is 4.02. The molecule has 0 radical (unpaired) electrons. The molecule has 1 heterocycles. The number of hydrogen-bond acceptors (Lipinski definition) is 3. The highest BCUT2D eigenvalue weighted by atomic mass is 19.4. The first-order valence-corrected chi connectivity index (χ1v) is 8.60. The summed E-state index contributed by atoms with van der Waals surface area (Å²) >= 11 is 0. The number of hydrogen-bond donors (Lipinski definition) is 2. The van der Waals surface area contributed by atoms with Gasteiger partial charge in [-0.25, -0.2) is 0 Å². The van der Waals surface area contributed by atoms with E-state index in [0.717, 1.165) is 29.8 Å². The topological polar surface area (TPSA) is 71.1 Å². The summed E-state index contributed by atoms with van der Waals surface area (Å²) < 4.78 is 37.8. The number of carbonyl (C=O) groups excluding carboxylic acids is 2. The highest BCUT2D eigenvalue weighted by molar-refractivity contribution is 6.05. The molecule has 0 aliphatic carbocycles. The monoisotopic (exact) mass is 399 g/mol. The molecule has 148 valence electrons. The Kier molecular flexibility index (Phi) is 5.92. The fourth-order valence-electron chi connectivity index (χ4n) is 2.51. The van der Waals surface area contributed by atoms with Gasteiger partial charge in [0.25, 0.3) is 11.8 Å². The van der Waals surface area contributed by atoms with Crippen LogP contribution in [0.15, 0.2) is 72.9 Å². The number of aromatic nitrogens is 1. The van der Waals surface area contributed by atoms with Gasteiger partial charge in [0.15, 0.2) is 0 Å². The van der Waals surface area contributed by atoms with E-state index < -0.39 is 23.6 Å².